The summed E-state index contributed by atoms with van der Waals surface area (Å²) in [6, 6.07) is 13.0. The fourth-order valence-corrected chi connectivity index (χ4v) is 4.60. The minimum atomic E-state index is -3.63. The molecule has 9 nitrogen and oxygen atoms in total. The summed E-state index contributed by atoms with van der Waals surface area (Å²) in [6.45, 7) is 2.05. The van der Waals surface area contributed by atoms with Crippen molar-refractivity contribution in [3.8, 4) is 5.82 Å². The maximum atomic E-state index is 12.7. The molecule has 30 heavy (non-hydrogen) atoms. The van der Waals surface area contributed by atoms with E-state index in [-0.39, 0.29) is 22.8 Å². The Hall–Kier alpha value is -2.95. The molecule has 0 unspecified atom stereocenters. The van der Waals surface area contributed by atoms with E-state index in [9.17, 15) is 8.42 Å². The van der Waals surface area contributed by atoms with Crippen molar-refractivity contribution in [2.45, 2.75) is 23.8 Å². The van der Waals surface area contributed by atoms with E-state index in [4.69, 9.17) is 26.6 Å². The van der Waals surface area contributed by atoms with Crippen molar-refractivity contribution in [1.82, 2.24) is 19.5 Å². The Labute approximate surface area is 178 Å². The Bertz CT molecular complexity index is 1120. The minimum absolute atomic E-state index is 0.105. The zero-order chi connectivity index (χ0) is 21.9. The van der Waals surface area contributed by atoms with E-state index >= 15 is 0 Å². The van der Waals surface area contributed by atoms with Gasteiger partial charge in [0.25, 0.3) is 0 Å². The van der Waals surface area contributed by atoms with Gasteiger partial charge in [0.2, 0.25) is 10.0 Å². The maximum Gasteiger partial charge on any atom is 0.503 e. The van der Waals surface area contributed by atoms with Crippen LogP contribution in [0, 0.1) is 5.92 Å². The molecule has 2 aromatic heterocycles. The summed E-state index contributed by atoms with van der Waals surface area (Å²) in [5, 5.41) is 18.5. The molecule has 1 fully saturated rings. The molecule has 0 amide bonds. The van der Waals surface area contributed by atoms with Crippen LogP contribution in [0.25, 0.3) is 5.82 Å². The van der Waals surface area contributed by atoms with Crippen molar-refractivity contribution < 1.29 is 23.4 Å². The van der Waals surface area contributed by atoms with Gasteiger partial charge in [-0.05, 0) is 23.6 Å². The Morgan fingerprint density at radius 2 is 1.80 bits per heavy atom. The van der Waals surface area contributed by atoms with Crippen LogP contribution in [0.5, 0.6) is 0 Å². The molecule has 1 aromatic carbocycles. The fourth-order valence-electron chi connectivity index (χ4n) is 3.17. The molecule has 1 saturated carbocycles. The van der Waals surface area contributed by atoms with Crippen molar-refractivity contribution in [1.29, 1.82) is 0 Å². The highest BCUT2D eigenvalue weighted by Gasteiger charge is 2.49. The maximum absolute atomic E-state index is 12.7. The lowest BCUT2D eigenvalue weighted by atomic mass is 10.1. The topological polar surface area (TPSA) is 134 Å². The highest BCUT2D eigenvalue weighted by Crippen LogP contribution is 2.47. The van der Waals surface area contributed by atoms with Crippen molar-refractivity contribution >= 4 is 27.8 Å². The second-order valence-corrected chi connectivity index (χ2v) is 8.83. The van der Waals surface area contributed by atoms with Crippen LogP contribution in [0.2, 0.25) is 5.02 Å². The average Bonchev–Trinajstić information content (AvgIpc) is 3.10. The molecule has 158 valence electrons. The predicted octanol–water partition coefficient (Wildman–Crippen LogP) is 3.22. The molecule has 3 atom stereocenters. The fraction of sp³-hybridized carbons (Fsp3) is 0.211. The Morgan fingerprint density at radius 1 is 1.13 bits per heavy atom. The second kappa shape index (κ2) is 8.82. The molecule has 3 N–H and O–H groups in total. The Balaban J connectivity index is 0.000000589. The van der Waals surface area contributed by atoms with Crippen LogP contribution in [0.3, 0.4) is 0 Å². The number of hydrogen-bond donors (Lipinski definition) is 3. The molecule has 0 spiro atoms. The molecule has 0 saturated heterocycles. The van der Waals surface area contributed by atoms with Crippen molar-refractivity contribution in [3.63, 3.8) is 0 Å². The summed E-state index contributed by atoms with van der Waals surface area (Å²) < 4.78 is 29.6. The van der Waals surface area contributed by atoms with E-state index in [0.29, 0.717) is 10.8 Å². The largest absolute Gasteiger partial charge is 0.503 e. The van der Waals surface area contributed by atoms with Crippen molar-refractivity contribution in [2.75, 3.05) is 0 Å². The lowest BCUT2D eigenvalue weighted by Crippen LogP contribution is -2.27. The quantitative estimate of drug-likeness (QED) is 0.543. The summed E-state index contributed by atoms with van der Waals surface area (Å²) in [5.74, 6) is 0.952. The first-order chi connectivity index (χ1) is 14.2. The third kappa shape index (κ3) is 5.15. The number of nitrogens with one attached hydrogen (secondary N) is 1. The number of halogens is 1. The first kappa shape index (κ1) is 21.8. The number of pyridine rings is 1. The third-order valence-electron chi connectivity index (χ3n) is 4.67. The summed E-state index contributed by atoms with van der Waals surface area (Å²) in [4.78, 5) is 12.9. The summed E-state index contributed by atoms with van der Waals surface area (Å²) in [6.07, 6.45) is 2.60. The molecule has 4 rings (SSSR count). The van der Waals surface area contributed by atoms with Gasteiger partial charge in [0.1, 0.15) is 4.90 Å². The normalized spacial score (nSPS) is 20.1. The predicted molar refractivity (Wildman–Crippen MR) is 109 cm³/mol. The van der Waals surface area contributed by atoms with E-state index in [1.807, 2.05) is 37.3 Å². The molecule has 1 aliphatic rings. The second-order valence-electron chi connectivity index (χ2n) is 6.68. The molecule has 0 radical (unpaired) electrons. The Morgan fingerprint density at radius 3 is 2.33 bits per heavy atom. The molecule has 3 aromatic rings. The summed E-state index contributed by atoms with van der Waals surface area (Å²) >= 11 is 5.84. The average molecular weight is 451 g/mol. The van der Waals surface area contributed by atoms with E-state index in [0.717, 1.165) is 5.56 Å². The number of benzene rings is 1. The first-order valence-corrected chi connectivity index (χ1v) is 10.7. The molecule has 2 heterocycles. The van der Waals surface area contributed by atoms with Crippen LogP contribution in [-0.2, 0) is 10.0 Å². The van der Waals surface area contributed by atoms with Gasteiger partial charge in [0, 0.05) is 18.2 Å². The number of hydrogen-bond acceptors (Lipinski definition) is 5. The van der Waals surface area contributed by atoms with Crippen LogP contribution in [0.15, 0.2) is 66.0 Å². The monoisotopic (exact) mass is 450 g/mol. The van der Waals surface area contributed by atoms with Gasteiger partial charge in [-0.2, -0.15) is 5.10 Å². The van der Waals surface area contributed by atoms with E-state index < -0.39 is 16.2 Å². The lowest BCUT2D eigenvalue weighted by molar-refractivity contribution is 0.137. The van der Waals surface area contributed by atoms with Crippen molar-refractivity contribution in [2.24, 2.45) is 5.92 Å². The number of sulfonamides is 1. The molecule has 0 aliphatic heterocycles. The van der Waals surface area contributed by atoms with E-state index in [2.05, 4.69) is 14.8 Å². The van der Waals surface area contributed by atoms with Crippen LogP contribution in [-0.4, -0.2) is 45.6 Å². The highest BCUT2D eigenvalue weighted by atomic mass is 35.5. The van der Waals surface area contributed by atoms with Gasteiger partial charge in [-0.15, -0.1) is 0 Å². The van der Waals surface area contributed by atoms with Gasteiger partial charge in [-0.25, -0.2) is 27.6 Å². The third-order valence-corrected chi connectivity index (χ3v) is 6.31. The van der Waals surface area contributed by atoms with Gasteiger partial charge in [-0.1, -0.05) is 48.9 Å². The molecule has 1 aliphatic carbocycles. The number of rotatable bonds is 5. The molecule has 11 heteroatoms. The van der Waals surface area contributed by atoms with Gasteiger partial charge in [0.15, 0.2) is 5.82 Å². The molecule has 0 bridgehead atoms. The van der Waals surface area contributed by atoms with E-state index in [1.165, 1.54) is 23.1 Å². The van der Waals surface area contributed by atoms with Gasteiger partial charge in [0.05, 0.1) is 17.4 Å². The van der Waals surface area contributed by atoms with E-state index in [1.54, 1.807) is 12.3 Å². The highest BCUT2D eigenvalue weighted by molar-refractivity contribution is 7.89. The minimum Gasteiger partial charge on any atom is -0.450 e. The molecular formula is C19H19ClN4O5S. The standard InChI is InChI=1S/C18H17ClN4O2S.CH2O3/c1-12-17(13-5-3-2-4-6-13)18(12)22-26(24,25)15-7-8-16(20-10-15)23-11-14(19)9-21-23;2-1(3)4/h2-12,17-18,22H,1H3;(H2,2,3,4)/t12-,17-,18+;/m1./s1. The number of aromatic nitrogens is 3. The summed E-state index contributed by atoms with van der Waals surface area (Å²) in [5.41, 5.74) is 1.15. The SMILES string of the molecule is C[C@H]1[C@H](NS(=O)(=O)c2ccc(-n3cc(Cl)cn3)nc2)[C@H]1c1ccccc1.O=C(O)O. The van der Waals surface area contributed by atoms with Crippen LogP contribution >= 0.6 is 11.6 Å². The van der Waals surface area contributed by atoms with Gasteiger partial charge < -0.3 is 10.2 Å². The van der Waals surface area contributed by atoms with Crippen molar-refractivity contribution in [3.05, 3.63) is 71.6 Å². The zero-order valence-corrected chi connectivity index (χ0v) is 17.3. The molecular weight excluding hydrogens is 432 g/mol. The first-order valence-electron chi connectivity index (χ1n) is 8.85. The van der Waals surface area contributed by atoms with Gasteiger partial charge in [-0.3, -0.25) is 0 Å². The lowest BCUT2D eigenvalue weighted by Gasteiger charge is -2.07. The summed E-state index contributed by atoms with van der Waals surface area (Å²) in [7, 11) is -3.63. The Kier molecular flexibility index (Phi) is 6.40. The number of carboxylic acid groups (broad SMARTS) is 2. The smallest absolute Gasteiger partial charge is 0.450 e. The number of carbonyl (C=O) groups is 1. The zero-order valence-electron chi connectivity index (χ0n) is 15.8. The van der Waals surface area contributed by atoms with Crippen LogP contribution < -0.4 is 4.72 Å². The number of nitrogens with zero attached hydrogens (tertiary/aromatic N) is 3. The van der Waals surface area contributed by atoms with Crippen LogP contribution in [0.4, 0.5) is 4.79 Å². The van der Waals surface area contributed by atoms with Gasteiger partial charge >= 0.3 is 6.16 Å². The van der Waals surface area contributed by atoms with Crippen LogP contribution in [0.1, 0.15) is 18.4 Å².